The molecule has 0 radical (unpaired) electrons. The number of rotatable bonds is 4. The first-order valence-electron chi connectivity index (χ1n) is 6.39. The average molecular weight is 284 g/mol. The number of halogens is 1. The first-order valence-corrected chi connectivity index (χ1v) is 6.39. The van der Waals surface area contributed by atoms with Crippen LogP contribution in [0.1, 0.15) is 5.56 Å². The summed E-state index contributed by atoms with van der Waals surface area (Å²) in [6.07, 6.45) is 3.22. The van der Waals surface area contributed by atoms with E-state index in [0.29, 0.717) is 17.9 Å². The third-order valence-corrected chi connectivity index (χ3v) is 3.05. The van der Waals surface area contributed by atoms with Crippen LogP contribution in [-0.2, 0) is 11.3 Å². The number of benzene rings is 1. The summed E-state index contributed by atoms with van der Waals surface area (Å²) in [6, 6.07) is 10.7. The topological polar surface area (TPSA) is 52.8 Å². The van der Waals surface area contributed by atoms with Crippen molar-refractivity contribution in [2.45, 2.75) is 6.61 Å². The molecule has 0 unspecified atom stereocenters. The largest absolute Gasteiger partial charge is 0.380 e. The molecular weight excluding hydrogens is 271 g/mol. The molecule has 0 saturated carbocycles. The zero-order valence-electron chi connectivity index (χ0n) is 11.4. The highest BCUT2D eigenvalue weighted by atomic mass is 19.1. The average Bonchev–Trinajstić information content (AvgIpc) is 2.99. The summed E-state index contributed by atoms with van der Waals surface area (Å²) in [7, 11) is 1.65. The maximum atomic E-state index is 12.8. The van der Waals surface area contributed by atoms with Gasteiger partial charge < -0.3 is 4.74 Å². The van der Waals surface area contributed by atoms with Crippen LogP contribution in [0.2, 0.25) is 0 Å². The molecule has 1 aromatic carbocycles. The van der Waals surface area contributed by atoms with Crippen molar-refractivity contribution in [3.63, 3.8) is 0 Å². The van der Waals surface area contributed by atoms with E-state index in [1.807, 2.05) is 24.3 Å². The van der Waals surface area contributed by atoms with Crippen LogP contribution in [0.3, 0.4) is 0 Å². The third-order valence-electron chi connectivity index (χ3n) is 3.05. The van der Waals surface area contributed by atoms with Crippen molar-refractivity contribution in [2.24, 2.45) is 0 Å². The number of methoxy groups -OCH3 is 1. The van der Waals surface area contributed by atoms with Crippen molar-refractivity contribution in [3.05, 3.63) is 60.3 Å². The number of para-hydroxylation sites is 1. The van der Waals surface area contributed by atoms with Crippen LogP contribution in [0.5, 0.6) is 0 Å². The Hall–Kier alpha value is -2.60. The van der Waals surface area contributed by atoms with Gasteiger partial charge in [-0.25, -0.2) is 9.67 Å². The zero-order valence-corrected chi connectivity index (χ0v) is 11.4. The molecule has 6 heteroatoms. The van der Waals surface area contributed by atoms with Crippen LogP contribution in [-0.4, -0.2) is 27.1 Å². The van der Waals surface area contributed by atoms with Crippen LogP contribution in [0.15, 0.2) is 48.8 Å². The Morgan fingerprint density at radius 3 is 2.81 bits per heavy atom. The maximum absolute atomic E-state index is 12.8. The molecule has 0 aliphatic rings. The molecule has 0 saturated heterocycles. The number of hydrogen-bond donors (Lipinski definition) is 0. The summed E-state index contributed by atoms with van der Waals surface area (Å²) < 4.78 is 19.7. The molecule has 0 N–H and O–H groups in total. The van der Waals surface area contributed by atoms with Crippen molar-refractivity contribution < 1.29 is 9.13 Å². The van der Waals surface area contributed by atoms with Crippen molar-refractivity contribution >= 4 is 0 Å². The molecule has 0 aliphatic carbocycles. The number of aromatic nitrogens is 4. The predicted molar refractivity (Wildman–Crippen MR) is 75.3 cm³/mol. The van der Waals surface area contributed by atoms with E-state index in [9.17, 15) is 4.39 Å². The predicted octanol–water partition coefficient (Wildman–Crippen LogP) is 2.61. The van der Waals surface area contributed by atoms with Crippen molar-refractivity contribution in [1.82, 2.24) is 20.0 Å². The van der Waals surface area contributed by atoms with Gasteiger partial charge in [-0.2, -0.15) is 4.39 Å². The van der Waals surface area contributed by atoms with Crippen molar-refractivity contribution in [3.8, 4) is 16.9 Å². The van der Waals surface area contributed by atoms with Gasteiger partial charge in [-0.3, -0.25) is 0 Å². The number of pyridine rings is 1. The molecular formula is C15H13FN4O. The molecule has 3 rings (SSSR count). The van der Waals surface area contributed by atoms with E-state index >= 15 is 0 Å². The van der Waals surface area contributed by atoms with E-state index in [1.165, 1.54) is 12.3 Å². The fraction of sp³-hybridized carbons (Fsp3) is 0.133. The van der Waals surface area contributed by atoms with Crippen LogP contribution < -0.4 is 0 Å². The minimum absolute atomic E-state index is 0.490. The van der Waals surface area contributed by atoms with Crippen LogP contribution in [0.4, 0.5) is 4.39 Å². The Kier molecular flexibility index (Phi) is 3.70. The van der Waals surface area contributed by atoms with E-state index in [4.69, 9.17) is 4.74 Å². The molecule has 2 aromatic heterocycles. The molecule has 3 aromatic rings. The second-order valence-electron chi connectivity index (χ2n) is 4.48. The summed E-state index contributed by atoms with van der Waals surface area (Å²) in [5.74, 6) is -0.517. The minimum Gasteiger partial charge on any atom is -0.380 e. The smallest absolute Gasteiger partial charge is 0.212 e. The second-order valence-corrected chi connectivity index (χ2v) is 4.48. The Morgan fingerprint density at radius 2 is 2.05 bits per heavy atom. The van der Waals surface area contributed by atoms with Crippen LogP contribution in [0.25, 0.3) is 16.9 Å². The van der Waals surface area contributed by atoms with E-state index in [2.05, 4.69) is 15.3 Å². The van der Waals surface area contributed by atoms with E-state index in [-0.39, 0.29) is 0 Å². The van der Waals surface area contributed by atoms with Crippen LogP contribution >= 0.6 is 0 Å². The molecule has 5 nitrogen and oxygen atoms in total. The van der Waals surface area contributed by atoms with Crippen molar-refractivity contribution in [2.75, 3.05) is 7.11 Å². The molecule has 0 atom stereocenters. The van der Waals surface area contributed by atoms with E-state index in [0.717, 1.165) is 11.3 Å². The zero-order chi connectivity index (χ0) is 14.7. The fourth-order valence-electron chi connectivity index (χ4n) is 2.05. The summed E-state index contributed by atoms with van der Waals surface area (Å²) in [5, 5.41) is 8.22. The number of hydrogen-bond acceptors (Lipinski definition) is 4. The van der Waals surface area contributed by atoms with Crippen molar-refractivity contribution in [1.29, 1.82) is 0 Å². The molecule has 0 bridgehead atoms. The standard InChI is InChI=1S/C15H13FN4O/c1-21-10-12-4-2-3-5-14(12)20-9-13(18-19-20)11-6-7-15(16)17-8-11/h2-9H,10H2,1H3. The summed E-state index contributed by atoms with van der Waals surface area (Å²) >= 11 is 0. The van der Waals surface area contributed by atoms with Gasteiger partial charge in [0.1, 0.15) is 5.69 Å². The van der Waals surface area contributed by atoms with Gasteiger partial charge in [0.15, 0.2) is 0 Å². The molecule has 0 spiro atoms. The van der Waals surface area contributed by atoms with Gasteiger partial charge in [0.25, 0.3) is 0 Å². The van der Waals surface area contributed by atoms with Gasteiger partial charge in [0.2, 0.25) is 5.95 Å². The first kappa shape index (κ1) is 13.4. The lowest BCUT2D eigenvalue weighted by Crippen LogP contribution is -2.01. The van der Waals surface area contributed by atoms with Gasteiger partial charge in [0, 0.05) is 24.4 Å². The van der Waals surface area contributed by atoms with Gasteiger partial charge in [-0.05, 0) is 18.2 Å². The lowest BCUT2D eigenvalue weighted by molar-refractivity contribution is 0.184. The lowest BCUT2D eigenvalue weighted by atomic mass is 10.2. The summed E-state index contributed by atoms with van der Waals surface area (Å²) in [4.78, 5) is 3.62. The fourth-order valence-corrected chi connectivity index (χ4v) is 2.05. The van der Waals surface area contributed by atoms with Gasteiger partial charge >= 0.3 is 0 Å². The molecule has 21 heavy (non-hydrogen) atoms. The Morgan fingerprint density at radius 1 is 1.19 bits per heavy atom. The third kappa shape index (κ3) is 2.80. The van der Waals surface area contributed by atoms with E-state index < -0.39 is 5.95 Å². The second kappa shape index (κ2) is 5.80. The summed E-state index contributed by atoms with van der Waals surface area (Å²) in [5.41, 5.74) is 3.25. The quantitative estimate of drug-likeness (QED) is 0.691. The number of ether oxygens (including phenoxy) is 1. The highest BCUT2D eigenvalue weighted by molar-refractivity contribution is 5.57. The van der Waals surface area contributed by atoms with E-state index in [1.54, 1.807) is 24.1 Å². The monoisotopic (exact) mass is 284 g/mol. The maximum Gasteiger partial charge on any atom is 0.212 e. The SMILES string of the molecule is COCc1ccccc1-n1cc(-c2ccc(F)nc2)nn1. The van der Waals surface area contributed by atoms with Crippen LogP contribution in [0, 0.1) is 5.95 Å². The van der Waals surface area contributed by atoms with Gasteiger partial charge in [0.05, 0.1) is 18.5 Å². The normalized spacial score (nSPS) is 10.8. The molecule has 0 amide bonds. The van der Waals surface area contributed by atoms with Gasteiger partial charge in [-0.15, -0.1) is 5.10 Å². The first-order chi connectivity index (χ1) is 10.3. The lowest BCUT2D eigenvalue weighted by Gasteiger charge is -2.07. The highest BCUT2D eigenvalue weighted by Crippen LogP contribution is 2.19. The Labute approximate surface area is 121 Å². The highest BCUT2D eigenvalue weighted by Gasteiger charge is 2.09. The molecule has 106 valence electrons. The molecule has 2 heterocycles. The minimum atomic E-state index is -0.517. The number of nitrogens with zero attached hydrogens (tertiary/aromatic N) is 4. The van der Waals surface area contributed by atoms with Gasteiger partial charge in [-0.1, -0.05) is 23.4 Å². The molecule has 0 aliphatic heterocycles. The summed E-state index contributed by atoms with van der Waals surface area (Å²) in [6.45, 7) is 0.490. The Balaban J connectivity index is 1.97. The Bertz CT molecular complexity index is 739. The molecule has 0 fully saturated rings.